The minimum Gasteiger partial charge on any atom is -0.497 e. The van der Waals surface area contributed by atoms with E-state index in [1.807, 2.05) is 24.3 Å². The van der Waals surface area contributed by atoms with Crippen molar-refractivity contribution in [3.8, 4) is 17.3 Å². The smallest absolute Gasteiger partial charge is 0.185 e. The van der Waals surface area contributed by atoms with Gasteiger partial charge in [-0.25, -0.2) is 9.97 Å². The number of aromatic nitrogens is 4. The minimum atomic E-state index is -0.120. The van der Waals surface area contributed by atoms with E-state index in [1.54, 1.807) is 37.5 Å². The number of benzene rings is 2. The van der Waals surface area contributed by atoms with Gasteiger partial charge in [0.15, 0.2) is 17.0 Å². The van der Waals surface area contributed by atoms with Crippen LogP contribution in [0.2, 0.25) is 0 Å². The van der Waals surface area contributed by atoms with Crippen molar-refractivity contribution in [2.24, 2.45) is 0 Å². The lowest BCUT2D eigenvalue weighted by atomic mass is 10.0. The van der Waals surface area contributed by atoms with Crippen molar-refractivity contribution in [2.75, 3.05) is 39.3 Å². The first kappa shape index (κ1) is 23.1. The first-order valence-corrected chi connectivity index (χ1v) is 11.7. The van der Waals surface area contributed by atoms with E-state index in [2.05, 4.69) is 36.8 Å². The number of methoxy groups -OCH3 is 2. The molecule has 35 heavy (non-hydrogen) atoms. The standard InChI is InChI=1S/C26H31N6O3/c1-17(2)32(3)9-8-31(19-10-20(34-4)12-21(11-19)35-5)23-7-6-22-25(26(23)32)29-24(13-27-22)30-14-18(15-33)28-16-30/h6-7,10-14,16-17,33H,8-9,15H2,1-5H3/q+1. The second-order valence-corrected chi connectivity index (χ2v) is 9.27. The highest BCUT2D eigenvalue weighted by atomic mass is 16.5. The van der Waals surface area contributed by atoms with Gasteiger partial charge in [-0.3, -0.25) is 14.0 Å². The topological polar surface area (TPSA) is 85.5 Å². The third-order valence-electron chi connectivity index (χ3n) is 7.09. The molecule has 0 fully saturated rings. The van der Waals surface area contributed by atoms with Crippen LogP contribution in [-0.4, -0.2) is 65.0 Å². The van der Waals surface area contributed by atoms with Gasteiger partial charge in [0.25, 0.3) is 0 Å². The van der Waals surface area contributed by atoms with Crippen LogP contribution in [0.4, 0.5) is 17.1 Å². The van der Waals surface area contributed by atoms with E-state index < -0.39 is 0 Å². The number of hydrogen-bond donors (Lipinski definition) is 1. The molecular weight excluding hydrogens is 444 g/mol. The fourth-order valence-electron chi connectivity index (χ4n) is 4.73. The molecule has 1 aliphatic rings. The average molecular weight is 476 g/mol. The number of imidazole rings is 1. The number of rotatable bonds is 6. The van der Waals surface area contributed by atoms with Crippen molar-refractivity contribution in [3.05, 3.63) is 54.7 Å². The Morgan fingerprint density at radius 2 is 1.83 bits per heavy atom. The molecule has 1 aliphatic heterocycles. The van der Waals surface area contributed by atoms with Gasteiger partial charge in [-0.05, 0) is 26.0 Å². The molecule has 2 aromatic carbocycles. The molecule has 1 N–H and O–H groups in total. The van der Waals surface area contributed by atoms with Gasteiger partial charge < -0.3 is 19.5 Å². The number of ether oxygens (including phenoxy) is 2. The van der Waals surface area contributed by atoms with Crippen molar-refractivity contribution in [1.82, 2.24) is 24.0 Å². The van der Waals surface area contributed by atoms with Gasteiger partial charge in [-0.15, -0.1) is 0 Å². The number of hydrogen-bond acceptors (Lipinski definition) is 7. The highest BCUT2D eigenvalue weighted by Gasteiger charge is 2.40. The molecule has 4 aromatic rings. The van der Waals surface area contributed by atoms with Crippen molar-refractivity contribution < 1.29 is 14.6 Å². The van der Waals surface area contributed by atoms with E-state index in [1.165, 1.54) is 0 Å². The summed E-state index contributed by atoms with van der Waals surface area (Å²) in [7, 11) is 5.60. The quantitative estimate of drug-likeness (QED) is 0.424. The van der Waals surface area contributed by atoms with Gasteiger partial charge in [0.05, 0.1) is 57.9 Å². The first-order chi connectivity index (χ1) is 16.9. The van der Waals surface area contributed by atoms with Crippen LogP contribution < -0.4 is 18.9 Å². The molecule has 9 nitrogen and oxygen atoms in total. The third kappa shape index (κ3) is 3.86. The fraction of sp³-hybridized carbons (Fsp3) is 0.346. The number of quaternary nitrogens is 1. The summed E-state index contributed by atoms with van der Waals surface area (Å²) >= 11 is 0. The van der Waals surface area contributed by atoms with Gasteiger partial charge in [0.1, 0.15) is 30.1 Å². The van der Waals surface area contributed by atoms with Gasteiger partial charge >= 0.3 is 0 Å². The number of aliphatic hydroxyl groups is 1. The average Bonchev–Trinajstić information content (AvgIpc) is 3.37. The van der Waals surface area contributed by atoms with E-state index in [0.717, 1.165) is 57.2 Å². The predicted molar refractivity (Wildman–Crippen MR) is 137 cm³/mol. The van der Waals surface area contributed by atoms with Crippen LogP contribution in [0.1, 0.15) is 19.5 Å². The van der Waals surface area contributed by atoms with Crippen LogP contribution >= 0.6 is 0 Å². The summed E-state index contributed by atoms with van der Waals surface area (Å²) < 4.78 is 13.6. The third-order valence-corrected chi connectivity index (χ3v) is 7.09. The summed E-state index contributed by atoms with van der Waals surface area (Å²) in [6.45, 7) is 6.10. The summed E-state index contributed by atoms with van der Waals surface area (Å²) in [5.41, 5.74) is 5.50. The Morgan fingerprint density at radius 3 is 2.46 bits per heavy atom. The lowest BCUT2D eigenvalue weighted by Gasteiger charge is -2.46. The summed E-state index contributed by atoms with van der Waals surface area (Å²) in [6, 6.07) is 10.4. The molecule has 1 atom stereocenters. The molecule has 0 radical (unpaired) electrons. The normalized spacial score (nSPS) is 17.6. The number of nitrogens with zero attached hydrogens (tertiary/aromatic N) is 6. The maximum atomic E-state index is 9.43. The van der Waals surface area contributed by atoms with Crippen LogP contribution in [0, 0.1) is 0 Å². The molecule has 9 heteroatoms. The second kappa shape index (κ2) is 8.83. The Kier molecular flexibility index (Phi) is 5.82. The zero-order valence-electron chi connectivity index (χ0n) is 20.8. The number of aliphatic hydroxyl groups excluding tert-OH is 1. The maximum Gasteiger partial charge on any atom is 0.185 e. The van der Waals surface area contributed by atoms with Gasteiger partial charge in [-0.1, -0.05) is 0 Å². The monoisotopic (exact) mass is 475 g/mol. The minimum absolute atomic E-state index is 0.120. The Morgan fingerprint density at radius 1 is 1.09 bits per heavy atom. The molecule has 3 heterocycles. The van der Waals surface area contributed by atoms with Crippen LogP contribution in [0.15, 0.2) is 49.1 Å². The van der Waals surface area contributed by atoms with E-state index in [-0.39, 0.29) is 6.61 Å². The highest BCUT2D eigenvalue weighted by molar-refractivity contribution is 5.97. The Labute approximate surface area is 204 Å². The van der Waals surface area contributed by atoms with E-state index in [9.17, 15) is 5.11 Å². The molecule has 0 saturated heterocycles. The van der Waals surface area contributed by atoms with Gasteiger partial charge in [0, 0.05) is 30.1 Å². The van der Waals surface area contributed by atoms with Gasteiger partial charge in [0.2, 0.25) is 0 Å². The molecule has 182 valence electrons. The van der Waals surface area contributed by atoms with E-state index in [0.29, 0.717) is 17.6 Å². The second-order valence-electron chi connectivity index (χ2n) is 9.27. The lowest BCUT2D eigenvalue weighted by molar-refractivity contribution is 0.272. The largest absolute Gasteiger partial charge is 0.497 e. The Bertz CT molecular complexity index is 1360. The number of anilines is 2. The van der Waals surface area contributed by atoms with Crippen LogP contribution in [0.25, 0.3) is 16.9 Å². The summed E-state index contributed by atoms with van der Waals surface area (Å²) in [6.07, 6.45) is 5.17. The lowest BCUT2D eigenvalue weighted by Crippen LogP contribution is -2.57. The van der Waals surface area contributed by atoms with E-state index >= 15 is 0 Å². The molecular formula is C26H31N6O3+. The Balaban J connectivity index is 1.74. The fourth-order valence-corrected chi connectivity index (χ4v) is 4.73. The molecule has 0 amide bonds. The molecule has 5 rings (SSSR count). The van der Waals surface area contributed by atoms with Crippen molar-refractivity contribution in [3.63, 3.8) is 0 Å². The van der Waals surface area contributed by atoms with E-state index in [4.69, 9.17) is 19.4 Å². The SMILES string of the molecule is COc1cc(OC)cc(N2CC[N+](C)(C(C)C)c3c2ccc2ncc(-n4cnc(CO)c4)nc32)c1. The Hall–Kier alpha value is -3.69. The molecule has 0 spiro atoms. The molecule has 1 unspecified atom stereocenters. The molecule has 0 saturated carbocycles. The number of likely N-dealkylation sites (N-methyl/N-ethyl adjacent to an activating group) is 1. The number of fused-ring (bicyclic) bond motifs is 3. The van der Waals surface area contributed by atoms with Crippen LogP contribution in [-0.2, 0) is 6.61 Å². The predicted octanol–water partition coefficient (Wildman–Crippen LogP) is 3.82. The summed E-state index contributed by atoms with van der Waals surface area (Å²) in [5, 5.41) is 9.43. The molecule has 0 bridgehead atoms. The maximum absolute atomic E-state index is 9.43. The summed E-state index contributed by atoms with van der Waals surface area (Å²) in [5.74, 6) is 2.15. The van der Waals surface area contributed by atoms with Crippen molar-refractivity contribution >= 4 is 28.1 Å². The highest BCUT2D eigenvalue weighted by Crippen LogP contribution is 2.46. The van der Waals surface area contributed by atoms with Gasteiger partial charge in [-0.2, -0.15) is 0 Å². The molecule has 2 aromatic heterocycles. The molecule has 0 aliphatic carbocycles. The van der Waals surface area contributed by atoms with Crippen molar-refractivity contribution in [1.29, 1.82) is 0 Å². The first-order valence-electron chi connectivity index (χ1n) is 11.7. The van der Waals surface area contributed by atoms with Crippen molar-refractivity contribution in [2.45, 2.75) is 26.5 Å². The summed E-state index contributed by atoms with van der Waals surface area (Å²) in [4.78, 5) is 16.3. The zero-order chi connectivity index (χ0) is 24.7. The van der Waals surface area contributed by atoms with Crippen LogP contribution in [0.5, 0.6) is 11.5 Å². The zero-order valence-corrected chi connectivity index (χ0v) is 20.8. The van der Waals surface area contributed by atoms with Crippen LogP contribution in [0.3, 0.4) is 0 Å².